The largest absolute Gasteiger partial charge is 0.481 e. The fraction of sp³-hybridized carbons (Fsp3) is 0.294. The Balaban J connectivity index is 2.23. The Labute approximate surface area is 167 Å². The molecule has 0 radical (unpaired) electrons. The molecule has 144 valence electrons. The Morgan fingerprint density at radius 1 is 1.33 bits per heavy atom. The molecule has 1 aliphatic heterocycles. The van der Waals surface area contributed by atoms with Gasteiger partial charge in [0, 0.05) is 10.0 Å². The molecular formula is C17H16BrNO7S. The first-order valence-electron chi connectivity index (χ1n) is 7.76. The Bertz CT molecular complexity index is 821. The fourth-order valence-corrected chi connectivity index (χ4v) is 3.32. The van der Waals surface area contributed by atoms with Crippen LogP contribution in [0, 0.1) is 0 Å². The van der Waals surface area contributed by atoms with E-state index in [1.54, 1.807) is 32.0 Å². The molecule has 8 nitrogen and oxygen atoms in total. The lowest BCUT2D eigenvalue weighted by Gasteiger charge is -2.13. The molecule has 1 aromatic carbocycles. The van der Waals surface area contributed by atoms with E-state index in [1.807, 2.05) is 0 Å². The number of halogens is 1. The van der Waals surface area contributed by atoms with Crippen molar-refractivity contribution in [3.05, 3.63) is 33.1 Å². The molecule has 1 N–H and O–H groups in total. The quantitative estimate of drug-likeness (QED) is 0.491. The highest BCUT2D eigenvalue weighted by Gasteiger charge is 2.37. The van der Waals surface area contributed by atoms with Crippen LogP contribution in [0.3, 0.4) is 0 Å². The van der Waals surface area contributed by atoms with Crippen molar-refractivity contribution >= 4 is 56.9 Å². The number of aliphatic carboxylic acids is 1. The maximum absolute atomic E-state index is 12.5. The standard InChI is InChI=1S/C17H16BrNO7S/c1-9(2)26-15(22)7-19-16(23)13(27-17(19)24)6-10-5-11(18)3-4-12(10)25-8-14(20)21/h3-6,9H,7-8H2,1-2H3,(H,20,21)/b13-6+. The van der Waals surface area contributed by atoms with E-state index in [-0.39, 0.29) is 16.8 Å². The summed E-state index contributed by atoms with van der Waals surface area (Å²) >= 11 is 3.97. The van der Waals surface area contributed by atoms with Crippen molar-refractivity contribution in [1.29, 1.82) is 0 Å². The first kappa shape index (κ1) is 21.0. The zero-order valence-corrected chi connectivity index (χ0v) is 16.8. The van der Waals surface area contributed by atoms with Crippen LogP contribution in [0.1, 0.15) is 19.4 Å². The molecule has 27 heavy (non-hydrogen) atoms. The maximum atomic E-state index is 12.5. The van der Waals surface area contributed by atoms with Crippen molar-refractivity contribution in [2.24, 2.45) is 0 Å². The van der Waals surface area contributed by atoms with Gasteiger partial charge in [-0.3, -0.25) is 19.3 Å². The second-order valence-electron chi connectivity index (χ2n) is 5.67. The van der Waals surface area contributed by atoms with E-state index >= 15 is 0 Å². The fourth-order valence-electron chi connectivity index (χ4n) is 2.11. The number of carbonyl (C=O) groups is 4. The van der Waals surface area contributed by atoms with Crippen LogP contribution < -0.4 is 4.74 Å². The van der Waals surface area contributed by atoms with Crippen LogP contribution in [0.25, 0.3) is 6.08 Å². The molecule has 1 heterocycles. The summed E-state index contributed by atoms with van der Waals surface area (Å²) in [5.41, 5.74) is 0.417. The normalized spacial score (nSPS) is 15.6. The van der Waals surface area contributed by atoms with Gasteiger partial charge in [-0.25, -0.2) is 4.79 Å². The summed E-state index contributed by atoms with van der Waals surface area (Å²) in [5.74, 6) is -2.21. The third kappa shape index (κ3) is 5.83. The molecule has 0 bridgehead atoms. The molecular weight excluding hydrogens is 442 g/mol. The predicted molar refractivity (Wildman–Crippen MR) is 101 cm³/mol. The number of rotatable bonds is 7. The van der Waals surface area contributed by atoms with Gasteiger partial charge in [0.1, 0.15) is 12.3 Å². The number of thioether (sulfide) groups is 1. The molecule has 1 aromatic rings. The van der Waals surface area contributed by atoms with Gasteiger partial charge in [-0.15, -0.1) is 0 Å². The van der Waals surface area contributed by atoms with Gasteiger partial charge in [-0.1, -0.05) is 15.9 Å². The number of carboxylic acids is 1. The maximum Gasteiger partial charge on any atom is 0.341 e. The van der Waals surface area contributed by atoms with E-state index in [0.717, 1.165) is 4.90 Å². The van der Waals surface area contributed by atoms with Crippen molar-refractivity contribution in [2.75, 3.05) is 13.2 Å². The predicted octanol–water partition coefficient (Wildman–Crippen LogP) is 2.90. The highest BCUT2D eigenvalue weighted by molar-refractivity contribution is 9.10. The van der Waals surface area contributed by atoms with Gasteiger partial charge < -0.3 is 14.6 Å². The lowest BCUT2D eigenvalue weighted by Crippen LogP contribution is -2.35. The molecule has 10 heteroatoms. The van der Waals surface area contributed by atoms with Crippen LogP contribution in [-0.2, 0) is 19.1 Å². The second-order valence-corrected chi connectivity index (χ2v) is 7.58. The van der Waals surface area contributed by atoms with E-state index in [1.165, 1.54) is 6.08 Å². The second kappa shape index (κ2) is 9.05. The molecule has 0 aliphatic carbocycles. The molecule has 1 fully saturated rings. The number of hydrogen-bond acceptors (Lipinski definition) is 7. The molecule has 2 amide bonds. The summed E-state index contributed by atoms with van der Waals surface area (Å²) < 4.78 is 10.8. The van der Waals surface area contributed by atoms with E-state index in [2.05, 4.69) is 15.9 Å². The van der Waals surface area contributed by atoms with Crippen molar-refractivity contribution < 1.29 is 33.8 Å². The number of imide groups is 1. The Morgan fingerprint density at radius 3 is 2.67 bits per heavy atom. The summed E-state index contributed by atoms with van der Waals surface area (Å²) in [4.78, 5) is 47.9. The molecule has 1 aliphatic rings. The number of carbonyl (C=O) groups excluding carboxylic acids is 3. The number of carboxylic acid groups (broad SMARTS) is 1. The van der Waals surface area contributed by atoms with Crippen molar-refractivity contribution in [3.63, 3.8) is 0 Å². The average molecular weight is 458 g/mol. The zero-order chi connectivity index (χ0) is 20.1. The number of esters is 1. The van der Waals surface area contributed by atoms with Gasteiger partial charge in [0.05, 0.1) is 11.0 Å². The van der Waals surface area contributed by atoms with Crippen molar-refractivity contribution in [2.45, 2.75) is 20.0 Å². The highest BCUT2D eigenvalue weighted by Crippen LogP contribution is 2.34. The van der Waals surface area contributed by atoms with Crippen LogP contribution in [0.15, 0.2) is 27.6 Å². The summed E-state index contributed by atoms with van der Waals surface area (Å²) in [7, 11) is 0. The smallest absolute Gasteiger partial charge is 0.341 e. The molecule has 0 spiro atoms. The SMILES string of the molecule is CC(C)OC(=O)CN1C(=O)S/C(=C/c2cc(Br)ccc2OCC(=O)O)C1=O. The summed E-state index contributed by atoms with van der Waals surface area (Å²) in [6, 6.07) is 4.82. The summed E-state index contributed by atoms with van der Waals surface area (Å²) in [6.07, 6.45) is 1.06. The third-order valence-corrected chi connectivity index (χ3v) is 4.54. The van der Waals surface area contributed by atoms with E-state index in [9.17, 15) is 19.2 Å². The minimum atomic E-state index is -1.15. The Hall–Kier alpha value is -2.33. The summed E-state index contributed by atoms with van der Waals surface area (Å²) in [5, 5.41) is 8.17. The van der Waals surface area contributed by atoms with Crippen LogP contribution in [-0.4, -0.2) is 52.3 Å². The lowest BCUT2D eigenvalue weighted by atomic mass is 10.2. The summed E-state index contributed by atoms with van der Waals surface area (Å²) in [6.45, 7) is 2.31. The van der Waals surface area contributed by atoms with Gasteiger partial charge in [0.25, 0.3) is 11.1 Å². The number of nitrogens with zero attached hydrogens (tertiary/aromatic N) is 1. The topological polar surface area (TPSA) is 110 Å². The highest BCUT2D eigenvalue weighted by atomic mass is 79.9. The number of amides is 2. The molecule has 0 aromatic heterocycles. The minimum Gasteiger partial charge on any atom is -0.481 e. The molecule has 0 saturated carbocycles. The molecule has 1 saturated heterocycles. The van der Waals surface area contributed by atoms with Gasteiger partial charge >= 0.3 is 11.9 Å². The monoisotopic (exact) mass is 457 g/mol. The average Bonchev–Trinajstić information content (AvgIpc) is 2.81. The molecule has 0 atom stereocenters. The van der Waals surface area contributed by atoms with Crippen molar-refractivity contribution in [1.82, 2.24) is 4.90 Å². The lowest BCUT2D eigenvalue weighted by molar-refractivity contribution is -0.149. The first-order chi connectivity index (χ1) is 12.7. The third-order valence-electron chi connectivity index (χ3n) is 3.14. The molecule has 0 unspecified atom stereocenters. The van der Waals surface area contributed by atoms with E-state index < -0.39 is 36.2 Å². The molecule has 2 rings (SSSR count). The zero-order valence-electron chi connectivity index (χ0n) is 14.4. The van der Waals surface area contributed by atoms with Crippen LogP contribution >= 0.6 is 27.7 Å². The van der Waals surface area contributed by atoms with E-state index in [4.69, 9.17) is 14.6 Å². The number of ether oxygens (including phenoxy) is 2. The van der Waals surface area contributed by atoms with Gasteiger partial charge in [0.2, 0.25) is 0 Å². The van der Waals surface area contributed by atoms with Crippen LogP contribution in [0.4, 0.5) is 4.79 Å². The first-order valence-corrected chi connectivity index (χ1v) is 9.37. The number of benzene rings is 1. The van der Waals surface area contributed by atoms with Crippen molar-refractivity contribution in [3.8, 4) is 5.75 Å². The van der Waals surface area contributed by atoms with E-state index in [0.29, 0.717) is 21.8 Å². The van der Waals surface area contributed by atoms with Crippen LogP contribution in [0.2, 0.25) is 0 Å². The van der Waals surface area contributed by atoms with Gasteiger partial charge in [-0.2, -0.15) is 0 Å². The Morgan fingerprint density at radius 2 is 2.04 bits per heavy atom. The van der Waals surface area contributed by atoms with Gasteiger partial charge in [0.15, 0.2) is 6.61 Å². The Kier molecular flexibility index (Phi) is 7.03. The minimum absolute atomic E-state index is 0.0932. The number of hydrogen-bond donors (Lipinski definition) is 1. The van der Waals surface area contributed by atoms with Crippen LogP contribution in [0.5, 0.6) is 5.75 Å². The van der Waals surface area contributed by atoms with Gasteiger partial charge in [-0.05, 0) is 49.9 Å².